The molecule has 0 saturated heterocycles. The number of carbonyl (C=O) groups excluding carboxylic acids is 1. The van der Waals surface area contributed by atoms with Gasteiger partial charge in [-0.1, -0.05) is 0 Å². The van der Waals surface area contributed by atoms with Crippen molar-refractivity contribution in [1.29, 1.82) is 0 Å². The molecule has 0 heterocycles. The zero-order valence-electron chi connectivity index (χ0n) is 10.9. The lowest BCUT2D eigenvalue weighted by Crippen LogP contribution is -2.32. The molecule has 0 bridgehead atoms. The van der Waals surface area contributed by atoms with Crippen LogP contribution in [0.25, 0.3) is 0 Å². The number of hydrogen-bond acceptors (Lipinski definition) is 3. The maximum atomic E-state index is 12.1. The topological polar surface area (TPSA) is 69.6 Å². The van der Waals surface area contributed by atoms with Crippen molar-refractivity contribution in [3.05, 3.63) is 24.8 Å². The number of rotatable bonds is 3. The van der Waals surface area contributed by atoms with Crippen molar-refractivity contribution in [2.24, 2.45) is 5.92 Å². The first-order valence-corrected chi connectivity index (χ1v) is 8.77. The Morgan fingerprint density at radius 2 is 1.90 bits per heavy atom. The molecule has 1 aliphatic rings. The molecule has 1 aliphatic carbocycles. The van der Waals surface area contributed by atoms with Gasteiger partial charge in [0, 0.05) is 10.1 Å². The standard InChI is InChI=1S/C14H17I2NO3/c15-9-5-11(13(19)12(16)6-9)14(20)17-7-8-1-3-10(18)4-2-8/h5-6,8,10,18-19H,1-4,7H2,(H,17,20). The van der Waals surface area contributed by atoms with E-state index in [0.717, 1.165) is 29.3 Å². The van der Waals surface area contributed by atoms with Crippen LogP contribution >= 0.6 is 45.2 Å². The second-order valence-corrected chi connectivity index (χ2v) is 7.58. The van der Waals surface area contributed by atoms with Gasteiger partial charge >= 0.3 is 0 Å². The van der Waals surface area contributed by atoms with Gasteiger partial charge in [0.05, 0.1) is 15.2 Å². The van der Waals surface area contributed by atoms with Gasteiger partial charge < -0.3 is 15.5 Å². The average Bonchev–Trinajstić information content (AvgIpc) is 2.42. The smallest absolute Gasteiger partial charge is 0.255 e. The molecule has 0 aromatic heterocycles. The van der Waals surface area contributed by atoms with E-state index in [-0.39, 0.29) is 17.8 Å². The number of phenolic OH excluding ortho intramolecular Hbond substituents is 1. The van der Waals surface area contributed by atoms with Gasteiger partial charge in [-0.2, -0.15) is 0 Å². The molecule has 1 saturated carbocycles. The summed E-state index contributed by atoms with van der Waals surface area (Å²) in [6, 6.07) is 3.52. The zero-order chi connectivity index (χ0) is 14.7. The fourth-order valence-corrected chi connectivity index (χ4v) is 4.27. The van der Waals surface area contributed by atoms with Gasteiger partial charge in [-0.15, -0.1) is 0 Å². The van der Waals surface area contributed by atoms with E-state index in [1.54, 1.807) is 6.07 Å². The number of aromatic hydroxyl groups is 1. The minimum atomic E-state index is -0.231. The molecule has 4 nitrogen and oxygen atoms in total. The van der Waals surface area contributed by atoms with E-state index in [0.29, 0.717) is 21.6 Å². The predicted molar refractivity (Wildman–Crippen MR) is 93.8 cm³/mol. The Morgan fingerprint density at radius 1 is 1.25 bits per heavy atom. The molecule has 1 aromatic rings. The van der Waals surface area contributed by atoms with Crippen LogP contribution in [0.1, 0.15) is 36.0 Å². The molecule has 3 N–H and O–H groups in total. The molecule has 110 valence electrons. The molecule has 20 heavy (non-hydrogen) atoms. The van der Waals surface area contributed by atoms with Crippen LogP contribution in [0, 0.1) is 13.1 Å². The normalized spacial score (nSPS) is 22.6. The Hall–Kier alpha value is -0.0900. The van der Waals surface area contributed by atoms with Crippen molar-refractivity contribution in [2.75, 3.05) is 6.54 Å². The van der Waals surface area contributed by atoms with Gasteiger partial charge in [0.15, 0.2) is 0 Å². The van der Waals surface area contributed by atoms with Crippen molar-refractivity contribution in [1.82, 2.24) is 5.32 Å². The van der Waals surface area contributed by atoms with Crippen LogP contribution in [0.5, 0.6) is 5.75 Å². The van der Waals surface area contributed by atoms with E-state index >= 15 is 0 Å². The second-order valence-electron chi connectivity index (χ2n) is 5.17. The lowest BCUT2D eigenvalue weighted by Gasteiger charge is -2.25. The maximum absolute atomic E-state index is 12.1. The average molecular weight is 501 g/mol. The lowest BCUT2D eigenvalue weighted by atomic mass is 9.87. The van der Waals surface area contributed by atoms with E-state index < -0.39 is 0 Å². The highest BCUT2D eigenvalue weighted by Crippen LogP contribution is 2.27. The third-order valence-electron chi connectivity index (χ3n) is 3.64. The summed E-state index contributed by atoms with van der Waals surface area (Å²) in [7, 11) is 0. The fourth-order valence-electron chi connectivity index (χ4n) is 2.42. The zero-order valence-corrected chi connectivity index (χ0v) is 15.2. The first-order valence-electron chi connectivity index (χ1n) is 6.61. The monoisotopic (exact) mass is 501 g/mol. The second kappa shape index (κ2) is 7.26. The number of aliphatic hydroxyl groups excluding tert-OH is 1. The molecular weight excluding hydrogens is 484 g/mol. The third kappa shape index (κ3) is 4.20. The van der Waals surface area contributed by atoms with Gasteiger partial charge in [0.2, 0.25) is 0 Å². The van der Waals surface area contributed by atoms with Crippen LogP contribution in [0.4, 0.5) is 0 Å². The summed E-state index contributed by atoms with van der Waals surface area (Å²) < 4.78 is 1.61. The molecular formula is C14H17I2NO3. The summed E-state index contributed by atoms with van der Waals surface area (Å²) in [5.41, 5.74) is 0.331. The molecule has 0 atom stereocenters. The van der Waals surface area contributed by atoms with Crippen molar-refractivity contribution in [2.45, 2.75) is 31.8 Å². The van der Waals surface area contributed by atoms with Crippen LogP contribution in [-0.4, -0.2) is 28.8 Å². The highest BCUT2D eigenvalue weighted by Gasteiger charge is 2.21. The van der Waals surface area contributed by atoms with Crippen LogP contribution in [0.3, 0.4) is 0 Å². The van der Waals surface area contributed by atoms with Crippen LogP contribution in [-0.2, 0) is 0 Å². The quantitative estimate of drug-likeness (QED) is 0.559. The summed E-state index contributed by atoms with van der Waals surface area (Å²) >= 11 is 4.15. The van der Waals surface area contributed by atoms with Gasteiger partial charge in [-0.3, -0.25) is 4.79 Å². The molecule has 0 spiro atoms. The summed E-state index contributed by atoms with van der Waals surface area (Å²) in [6.07, 6.45) is 3.33. The number of carbonyl (C=O) groups is 1. The third-order valence-corrected chi connectivity index (χ3v) is 5.09. The van der Waals surface area contributed by atoms with Crippen LogP contribution in [0.2, 0.25) is 0 Å². The van der Waals surface area contributed by atoms with E-state index in [1.807, 2.05) is 28.7 Å². The molecule has 6 heteroatoms. The van der Waals surface area contributed by atoms with Crippen molar-refractivity contribution in [3.8, 4) is 5.75 Å². The Labute approximate surface area is 145 Å². The van der Waals surface area contributed by atoms with Crippen LogP contribution < -0.4 is 5.32 Å². The molecule has 0 aliphatic heterocycles. The largest absolute Gasteiger partial charge is 0.506 e. The highest BCUT2D eigenvalue weighted by molar-refractivity contribution is 14.1. The summed E-state index contributed by atoms with van der Waals surface area (Å²) in [5, 5.41) is 22.3. The first kappa shape index (κ1) is 16.3. The molecule has 1 fully saturated rings. The number of aliphatic hydroxyl groups is 1. The summed E-state index contributed by atoms with van der Waals surface area (Å²) in [4.78, 5) is 12.1. The van der Waals surface area contributed by atoms with E-state index in [4.69, 9.17) is 0 Å². The van der Waals surface area contributed by atoms with Gasteiger partial charge in [0.25, 0.3) is 5.91 Å². The van der Waals surface area contributed by atoms with E-state index in [1.165, 1.54) is 0 Å². The molecule has 1 aromatic carbocycles. The maximum Gasteiger partial charge on any atom is 0.255 e. The number of nitrogens with one attached hydrogen (secondary N) is 1. The number of amides is 1. The van der Waals surface area contributed by atoms with E-state index in [9.17, 15) is 15.0 Å². The van der Waals surface area contributed by atoms with Gasteiger partial charge in [-0.05, 0) is 88.9 Å². The first-order chi connectivity index (χ1) is 9.47. The number of hydrogen-bond donors (Lipinski definition) is 3. The van der Waals surface area contributed by atoms with Gasteiger partial charge in [0.1, 0.15) is 5.75 Å². The molecule has 1 amide bonds. The van der Waals surface area contributed by atoms with Crippen LogP contribution in [0.15, 0.2) is 12.1 Å². The summed E-state index contributed by atoms with van der Waals surface area (Å²) in [6.45, 7) is 0.604. The Kier molecular flexibility index (Phi) is 5.91. The van der Waals surface area contributed by atoms with Crippen molar-refractivity contribution >= 4 is 51.1 Å². The number of phenols is 1. The number of benzene rings is 1. The highest BCUT2D eigenvalue weighted by atomic mass is 127. The minimum Gasteiger partial charge on any atom is -0.506 e. The summed E-state index contributed by atoms with van der Waals surface area (Å²) in [5.74, 6) is 0.235. The molecule has 2 rings (SSSR count). The lowest BCUT2D eigenvalue weighted by molar-refractivity contribution is 0.0908. The molecule has 0 unspecified atom stereocenters. The minimum absolute atomic E-state index is 0.0441. The SMILES string of the molecule is O=C(NCC1CCC(O)CC1)c1cc(I)cc(I)c1O. The fraction of sp³-hybridized carbons (Fsp3) is 0.500. The Bertz CT molecular complexity index is 499. The molecule has 0 radical (unpaired) electrons. The van der Waals surface area contributed by atoms with E-state index in [2.05, 4.69) is 27.9 Å². The van der Waals surface area contributed by atoms with Crippen molar-refractivity contribution < 1.29 is 15.0 Å². The van der Waals surface area contributed by atoms with Gasteiger partial charge in [-0.25, -0.2) is 0 Å². The number of halogens is 2. The van der Waals surface area contributed by atoms with Crippen molar-refractivity contribution in [3.63, 3.8) is 0 Å². The predicted octanol–water partition coefficient (Wildman–Crippen LogP) is 2.88. The Morgan fingerprint density at radius 3 is 2.55 bits per heavy atom. The Balaban J connectivity index is 1.95.